The smallest absolute Gasteiger partial charge is 0.236 e. The van der Waals surface area contributed by atoms with Crippen molar-refractivity contribution in [2.45, 2.75) is 57.6 Å². The number of allylic oxidation sites excluding steroid dienone is 1. The first-order valence-corrected chi connectivity index (χ1v) is 14.8. The molecule has 0 unspecified atom stereocenters. The molecule has 2 fully saturated rings. The van der Waals surface area contributed by atoms with Gasteiger partial charge in [-0.1, -0.05) is 54.6 Å². The summed E-state index contributed by atoms with van der Waals surface area (Å²) in [5, 5.41) is 11.2. The van der Waals surface area contributed by atoms with Gasteiger partial charge in [-0.3, -0.25) is 9.79 Å². The Morgan fingerprint density at radius 1 is 1.10 bits per heavy atom. The molecule has 5 rings (SSSR count). The van der Waals surface area contributed by atoms with Gasteiger partial charge in [0.05, 0.1) is 22.7 Å². The number of nitrogens with zero attached hydrogens (tertiary/aromatic N) is 3. The number of thiazole rings is 1. The number of carbonyl (C=O) groups is 1. The fraction of sp³-hybridized carbons (Fsp3) is 0.406. The molecule has 1 aliphatic heterocycles. The lowest BCUT2D eigenvalue weighted by atomic mass is 9.63. The summed E-state index contributed by atoms with van der Waals surface area (Å²) in [4.78, 5) is 24.8. The van der Waals surface area contributed by atoms with Crippen molar-refractivity contribution in [3.63, 3.8) is 0 Å². The van der Waals surface area contributed by atoms with Gasteiger partial charge in [0.15, 0.2) is 0 Å². The standard InChI is InChI=1S/C32H39N5O2S/c1-21(18-35-22(2)23-13-15-37(16-14-23)27(38)17-33)30-36-28(29(40-30)25-7-5-4-6-8-25)24-9-11-26(12-10-24)32(34)19-31(3,39)20-32/h4-12,18,23,39H,13-17,19-20,33-34H2,1-3H3/b21-18+,35-22?. The lowest BCUT2D eigenvalue weighted by Crippen LogP contribution is -2.58. The molecule has 1 saturated carbocycles. The lowest BCUT2D eigenvalue weighted by Gasteiger charge is -2.49. The summed E-state index contributed by atoms with van der Waals surface area (Å²) in [6.45, 7) is 7.50. The summed E-state index contributed by atoms with van der Waals surface area (Å²) >= 11 is 1.67. The average Bonchev–Trinajstić information content (AvgIpc) is 3.40. The zero-order chi connectivity index (χ0) is 28.5. The Kier molecular flexibility index (Phi) is 8.06. The number of likely N-dealkylation sites (tertiary alicyclic amines) is 1. The van der Waals surface area contributed by atoms with Crippen LogP contribution < -0.4 is 11.5 Å². The molecule has 2 aliphatic rings. The molecule has 2 heterocycles. The first kappa shape index (κ1) is 28.4. The number of piperidine rings is 1. The second-order valence-corrected chi connectivity index (χ2v) is 12.6. The number of nitrogens with two attached hydrogens (primary N) is 2. The Balaban J connectivity index is 1.39. The van der Waals surface area contributed by atoms with Crippen LogP contribution in [0.3, 0.4) is 0 Å². The van der Waals surface area contributed by atoms with Crippen LogP contribution in [0.4, 0.5) is 0 Å². The maximum absolute atomic E-state index is 11.9. The third kappa shape index (κ3) is 5.95. The Morgan fingerprint density at radius 2 is 1.75 bits per heavy atom. The number of benzene rings is 2. The quantitative estimate of drug-likeness (QED) is 0.345. The summed E-state index contributed by atoms with van der Waals surface area (Å²) in [6.07, 6.45) is 4.86. The van der Waals surface area contributed by atoms with E-state index in [1.54, 1.807) is 11.3 Å². The molecule has 1 aromatic heterocycles. The topological polar surface area (TPSA) is 118 Å². The van der Waals surface area contributed by atoms with E-state index in [1.165, 1.54) is 0 Å². The highest BCUT2D eigenvalue weighted by atomic mass is 32.1. The first-order valence-electron chi connectivity index (χ1n) is 14.0. The van der Waals surface area contributed by atoms with Gasteiger partial charge in [0.2, 0.25) is 5.91 Å². The lowest BCUT2D eigenvalue weighted by molar-refractivity contribution is -0.130. The molecule has 0 atom stereocenters. The van der Waals surface area contributed by atoms with E-state index in [-0.39, 0.29) is 12.5 Å². The Morgan fingerprint density at radius 3 is 2.35 bits per heavy atom. The molecule has 1 amide bonds. The molecule has 7 nitrogen and oxygen atoms in total. The van der Waals surface area contributed by atoms with E-state index in [0.29, 0.717) is 18.8 Å². The van der Waals surface area contributed by atoms with E-state index in [4.69, 9.17) is 21.4 Å². The van der Waals surface area contributed by atoms with Crippen molar-refractivity contribution in [3.8, 4) is 21.7 Å². The normalized spacial score (nSPS) is 24.2. The predicted molar refractivity (Wildman–Crippen MR) is 164 cm³/mol. The summed E-state index contributed by atoms with van der Waals surface area (Å²) in [6, 6.07) is 18.7. The molecule has 210 valence electrons. The minimum atomic E-state index is -0.691. The zero-order valence-electron chi connectivity index (χ0n) is 23.6. The number of hydrogen-bond donors (Lipinski definition) is 3. The van der Waals surface area contributed by atoms with E-state index in [2.05, 4.69) is 50.2 Å². The second-order valence-electron chi connectivity index (χ2n) is 11.6. The van der Waals surface area contributed by atoms with E-state index in [9.17, 15) is 9.90 Å². The monoisotopic (exact) mass is 557 g/mol. The summed E-state index contributed by atoms with van der Waals surface area (Å²) in [7, 11) is 0. The van der Waals surface area contributed by atoms with Gasteiger partial charge < -0.3 is 21.5 Å². The Bertz CT molecular complexity index is 1410. The fourth-order valence-electron chi connectivity index (χ4n) is 5.98. The number of aromatic nitrogens is 1. The van der Waals surface area contributed by atoms with Crippen LogP contribution in [0.2, 0.25) is 0 Å². The molecule has 0 radical (unpaired) electrons. The second kappa shape index (κ2) is 11.4. The number of carbonyl (C=O) groups excluding carboxylic acids is 1. The Labute approximate surface area is 240 Å². The van der Waals surface area contributed by atoms with E-state index >= 15 is 0 Å². The fourth-order valence-corrected chi connectivity index (χ4v) is 7.03. The van der Waals surface area contributed by atoms with Crippen LogP contribution in [0.5, 0.6) is 0 Å². The number of aliphatic imine (C=N–C) groups is 1. The van der Waals surface area contributed by atoms with Gasteiger partial charge in [-0.15, -0.1) is 11.3 Å². The number of amides is 1. The summed E-state index contributed by atoms with van der Waals surface area (Å²) in [5.74, 6) is 0.382. The molecule has 0 bridgehead atoms. The van der Waals surface area contributed by atoms with Crippen LogP contribution in [0.1, 0.15) is 57.0 Å². The van der Waals surface area contributed by atoms with Crippen molar-refractivity contribution in [1.82, 2.24) is 9.88 Å². The van der Waals surface area contributed by atoms with Crippen molar-refractivity contribution < 1.29 is 9.90 Å². The maximum atomic E-state index is 11.9. The molecule has 40 heavy (non-hydrogen) atoms. The summed E-state index contributed by atoms with van der Waals surface area (Å²) in [5.41, 5.74) is 17.2. The van der Waals surface area contributed by atoms with Gasteiger partial charge in [0.25, 0.3) is 0 Å². The van der Waals surface area contributed by atoms with Gasteiger partial charge >= 0.3 is 0 Å². The average molecular weight is 558 g/mol. The van der Waals surface area contributed by atoms with Crippen molar-refractivity contribution >= 4 is 28.5 Å². The minimum absolute atomic E-state index is 0.0194. The predicted octanol–water partition coefficient (Wildman–Crippen LogP) is 5.19. The van der Waals surface area contributed by atoms with Gasteiger partial charge in [0.1, 0.15) is 5.01 Å². The summed E-state index contributed by atoms with van der Waals surface area (Å²) < 4.78 is 0. The van der Waals surface area contributed by atoms with E-state index < -0.39 is 11.1 Å². The number of aliphatic hydroxyl groups is 1. The largest absolute Gasteiger partial charge is 0.390 e. The zero-order valence-corrected chi connectivity index (χ0v) is 24.4. The third-order valence-corrected chi connectivity index (χ3v) is 9.44. The van der Waals surface area contributed by atoms with Crippen LogP contribution in [0.15, 0.2) is 65.8 Å². The highest BCUT2D eigenvalue weighted by molar-refractivity contribution is 7.16. The van der Waals surface area contributed by atoms with E-state index in [0.717, 1.165) is 69.5 Å². The van der Waals surface area contributed by atoms with Crippen LogP contribution in [-0.2, 0) is 10.3 Å². The number of hydrogen-bond acceptors (Lipinski definition) is 7. The van der Waals surface area contributed by atoms with Crippen LogP contribution in [0, 0.1) is 5.92 Å². The minimum Gasteiger partial charge on any atom is -0.390 e. The molecule has 1 saturated heterocycles. The van der Waals surface area contributed by atoms with Gasteiger partial charge in [-0.05, 0) is 57.6 Å². The first-order chi connectivity index (χ1) is 19.1. The molecule has 3 aromatic rings. The number of rotatable bonds is 7. The van der Waals surface area contributed by atoms with Crippen LogP contribution in [-0.4, -0.2) is 51.8 Å². The molecule has 5 N–H and O–H groups in total. The highest BCUT2D eigenvalue weighted by Gasteiger charge is 2.49. The molecule has 0 spiro atoms. The van der Waals surface area contributed by atoms with Crippen LogP contribution >= 0.6 is 11.3 Å². The van der Waals surface area contributed by atoms with Crippen molar-refractivity contribution in [2.24, 2.45) is 22.4 Å². The van der Waals surface area contributed by atoms with Crippen molar-refractivity contribution in [3.05, 3.63) is 71.4 Å². The third-order valence-electron chi connectivity index (χ3n) is 8.20. The van der Waals surface area contributed by atoms with Gasteiger partial charge in [0, 0.05) is 47.6 Å². The molecule has 8 heteroatoms. The van der Waals surface area contributed by atoms with Gasteiger partial charge in [-0.2, -0.15) is 0 Å². The SMILES string of the molecule is CC(=N/C=C(\C)c1nc(-c2ccc(C3(N)CC(C)(O)C3)cc2)c(-c2ccccc2)s1)C1CCN(C(=O)CN)CC1. The molecule has 2 aromatic carbocycles. The van der Waals surface area contributed by atoms with Crippen molar-refractivity contribution in [1.29, 1.82) is 0 Å². The van der Waals surface area contributed by atoms with Crippen LogP contribution in [0.25, 0.3) is 27.3 Å². The van der Waals surface area contributed by atoms with E-state index in [1.807, 2.05) is 36.2 Å². The maximum Gasteiger partial charge on any atom is 0.236 e. The molecule has 1 aliphatic carbocycles. The van der Waals surface area contributed by atoms with Gasteiger partial charge in [-0.25, -0.2) is 4.98 Å². The highest BCUT2D eigenvalue weighted by Crippen LogP contribution is 2.47. The van der Waals surface area contributed by atoms with Crippen molar-refractivity contribution in [2.75, 3.05) is 19.6 Å². The Hall–Kier alpha value is -3.17. The molecular weight excluding hydrogens is 518 g/mol. The molecular formula is C32H39N5O2S.